The third kappa shape index (κ3) is 13.3. The van der Waals surface area contributed by atoms with Gasteiger partial charge in [-0.25, -0.2) is 19.2 Å². The van der Waals surface area contributed by atoms with E-state index in [1.54, 1.807) is 80.6 Å². The first-order chi connectivity index (χ1) is 27.8. The van der Waals surface area contributed by atoms with Crippen LogP contribution in [0.15, 0.2) is 128 Å². The molecule has 0 aliphatic rings. The van der Waals surface area contributed by atoms with Crippen LogP contribution in [0.4, 0.5) is 0 Å². The van der Waals surface area contributed by atoms with Crippen LogP contribution >= 0.6 is 0 Å². The molecule has 2 unspecified atom stereocenters. The summed E-state index contributed by atoms with van der Waals surface area (Å²) >= 11 is 0. The Morgan fingerprint density at radius 2 is 0.931 bits per heavy atom. The zero-order chi connectivity index (χ0) is 42.2. The van der Waals surface area contributed by atoms with Gasteiger partial charge in [-0.3, -0.25) is 0 Å². The fraction of sp³-hybridized carbons (Fsp3) is 0.240. The van der Waals surface area contributed by atoms with Gasteiger partial charge in [0.25, 0.3) is 0 Å². The molecule has 8 nitrogen and oxygen atoms in total. The lowest BCUT2D eigenvalue weighted by atomic mass is 9.99. The van der Waals surface area contributed by atoms with Crippen molar-refractivity contribution in [3.05, 3.63) is 173 Å². The number of benzene rings is 5. The Bertz CT molecular complexity index is 2200. The normalized spacial score (nSPS) is 11.5. The summed E-state index contributed by atoms with van der Waals surface area (Å²) < 4.78 is 21.5. The van der Waals surface area contributed by atoms with Gasteiger partial charge in [0.15, 0.2) is 0 Å². The second-order valence-electron chi connectivity index (χ2n) is 14.3. The number of ether oxygens (including phenoxy) is 4. The maximum atomic E-state index is 12.6. The van der Waals surface area contributed by atoms with Gasteiger partial charge in [-0.2, -0.15) is 0 Å². The highest BCUT2D eigenvalue weighted by molar-refractivity contribution is 5.93. The van der Waals surface area contributed by atoms with Crippen LogP contribution < -0.4 is 18.9 Å². The van der Waals surface area contributed by atoms with Crippen molar-refractivity contribution < 1.29 is 38.1 Å². The first-order valence-corrected chi connectivity index (χ1v) is 19.4. The SMILES string of the molecule is C=CC(=O)Oc1ccc(C(=O)Oc2ccc(CC(C)CC)cc2)cc1C.C=Cc1ccc(C(=O)Oc2ccc(C(=O)Oc3ccc(CC(C)CC)cc3)cc2C)cc1. The van der Waals surface area contributed by atoms with Crippen LogP contribution in [0, 0.1) is 25.7 Å². The number of hydrogen-bond donors (Lipinski definition) is 0. The van der Waals surface area contributed by atoms with Gasteiger partial charge in [-0.15, -0.1) is 0 Å². The van der Waals surface area contributed by atoms with Crippen molar-refractivity contribution in [2.45, 2.75) is 67.2 Å². The van der Waals surface area contributed by atoms with Gasteiger partial charge in [0.05, 0.1) is 16.7 Å². The van der Waals surface area contributed by atoms with E-state index < -0.39 is 23.9 Å². The summed E-state index contributed by atoms with van der Waals surface area (Å²) in [6.07, 6.45) is 7.07. The van der Waals surface area contributed by atoms with E-state index in [-0.39, 0.29) is 0 Å². The van der Waals surface area contributed by atoms with Gasteiger partial charge in [0.2, 0.25) is 0 Å². The first kappa shape index (κ1) is 44.2. The molecule has 0 saturated carbocycles. The molecule has 58 heavy (non-hydrogen) atoms. The average Bonchev–Trinajstić information content (AvgIpc) is 3.23. The highest BCUT2D eigenvalue weighted by Crippen LogP contribution is 2.24. The highest BCUT2D eigenvalue weighted by atomic mass is 16.5. The number of carbonyl (C=O) groups is 4. The number of aryl methyl sites for hydroxylation is 2. The van der Waals surface area contributed by atoms with Gasteiger partial charge < -0.3 is 18.9 Å². The number of carbonyl (C=O) groups excluding carboxylic acids is 4. The molecule has 0 heterocycles. The smallest absolute Gasteiger partial charge is 0.343 e. The number of rotatable bonds is 15. The van der Waals surface area contributed by atoms with E-state index >= 15 is 0 Å². The van der Waals surface area contributed by atoms with E-state index in [9.17, 15) is 19.2 Å². The predicted molar refractivity (Wildman–Crippen MR) is 229 cm³/mol. The minimum Gasteiger partial charge on any atom is -0.423 e. The third-order valence-corrected chi connectivity index (χ3v) is 9.61. The second-order valence-corrected chi connectivity index (χ2v) is 14.3. The van der Waals surface area contributed by atoms with Crippen molar-refractivity contribution >= 4 is 30.0 Å². The molecule has 0 spiro atoms. The monoisotopic (exact) mass is 780 g/mol. The fourth-order valence-corrected chi connectivity index (χ4v) is 5.66. The highest BCUT2D eigenvalue weighted by Gasteiger charge is 2.16. The Hall–Kier alpha value is -6.54. The quantitative estimate of drug-likeness (QED) is 0.0587. The van der Waals surface area contributed by atoms with Crippen LogP contribution in [-0.4, -0.2) is 23.9 Å². The molecule has 0 saturated heterocycles. The predicted octanol–water partition coefficient (Wildman–Crippen LogP) is 11.6. The summed E-state index contributed by atoms with van der Waals surface area (Å²) in [7, 11) is 0. The maximum absolute atomic E-state index is 12.6. The van der Waals surface area contributed by atoms with Crippen LogP contribution in [0.3, 0.4) is 0 Å². The molecule has 0 N–H and O–H groups in total. The molecule has 5 rings (SSSR count). The molecular formula is C50H52O8. The van der Waals surface area contributed by atoms with Crippen molar-refractivity contribution in [1.82, 2.24) is 0 Å². The molecule has 2 atom stereocenters. The van der Waals surface area contributed by atoms with Gasteiger partial charge in [-0.05, 0) is 139 Å². The average molecular weight is 781 g/mol. The summed E-state index contributed by atoms with van der Waals surface area (Å²) in [6, 6.07) is 31.8. The van der Waals surface area contributed by atoms with Crippen molar-refractivity contribution in [3.8, 4) is 23.0 Å². The van der Waals surface area contributed by atoms with E-state index in [1.165, 1.54) is 11.1 Å². The van der Waals surface area contributed by atoms with Crippen molar-refractivity contribution in [3.63, 3.8) is 0 Å². The van der Waals surface area contributed by atoms with Gasteiger partial charge in [0.1, 0.15) is 23.0 Å². The Kier molecular flexibility index (Phi) is 16.5. The van der Waals surface area contributed by atoms with E-state index in [4.69, 9.17) is 18.9 Å². The second kappa shape index (κ2) is 21.7. The molecule has 5 aromatic rings. The van der Waals surface area contributed by atoms with Crippen molar-refractivity contribution in [1.29, 1.82) is 0 Å². The van der Waals surface area contributed by atoms with Gasteiger partial charge in [0, 0.05) is 6.08 Å². The Labute approximate surface area is 342 Å². The molecule has 0 radical (unpaired) electrons. The fourth-order valence-electron chi connectivity index (χ4n) is 5.66. The van der Waals surface area contributed by atoms with Crippen LogP contribution in [0.2, 0.25) is 0 Å². The van der Waals surface area contributed by atoms with E-state index in [0.29, 0.717) is 62.7 Å². The minimum absolute atomic E-state index is 0.390. The van der Waals surface area contributed by atoms with Crippen LogP contribution in [0.25, 0.3) is 6.08 Å². The maximum Gasteiger partial charge on any atom is 0.343 e. The molecule has 0 aliphatic carbocycles. The Morgan fingerprint density at radius 1 is 0.534 bits per heavy atom. The summed E-state index contributed by atoms with van der Waals surface area (Å²) in [4.78, 5) is 48.5. The molecule has 0 aliphatic heterocycles. The van der Waals surface area contributed by atoms with Crippen molar-refractivity contribution in [2.24, 2.45) is 11.8 Å². The Balaban J connectivity index is 0.000000262. The lowest BCUT2D eigenvalue weighted by molar-refractivity contribution is -0.129. The standard InChI is InChI=1S/C28H28O4.C22H24O4/c1-5-19(3)17-22-9-14-25(15-10-22)31-28(30)24-13-16-26(20(4)18-24)32-27(29)23-11-7-21(6-2)8-12-23;1-5-15(3)13-17-7-10-19(11-8-17)25-22(24)18-9-12-20(16(4)14-18)26-21(23)6-2/h6-16,18-19H,2,5,17H2,1,3-4H3;6-12,14-15H,2,5,13H2,1,3-4H3. The van der Waals surface area contributed by atoms with Crippen LogP contribution in [0.5, 0.6) is 23.0 Å². The lowest BCUT2D eigenvalue weighted by Gasteiger charge is -2.11. The summed E-state index contributed by atoms with van der Waals surface area (Å²) in [6.45, 7) is 19.4. The summed E-state index contributed by atoms with van der Waals surface area (Å²) in [5, 5.41) is 0. The van der Waals surface area contributed by atoms with Crippen LogP contribution in [-0.2, 0) is 17.6 Å². The third-order valence-electron chi connectivity index (χ3n) is 9.61. The van der Waals surface area contributed by atoms with Crippen LogP contribution in [0.1, 0.15) is 99.4 Å². The molecule has 0 amide bonds. The minimum atomic E-state index is -0.541. The summed E-state index contributed by atoms with van der Waals surface area (Å²) in [5.41, 5.74) is 5.92. The number of hydrogen-bond acceptors (Lipinski definition) is 8. The largest absolute Gasteiger partial charge is 0.423 e. The van der Waals surface area contributed by atoms with E-state index in [2.05, 4.69) is 40.9 Å². The first-order valence-electron chi connectivity index (χ1n) is 19.4. The van der Waals surface area contributed by atoms with E-state index in [1.807, 2.05) is 48.5 Å². The molecule has 5 aromatic carbocycles. The molecule has 0 aromatic heterocycles. The lowest BCUT2D eigenvalue weighted by Crippen LogP contribution is -2.11. The van der Waals surface area contributed by atoms with Gasteiger partial charge in [-0.1, -0.05) is 96.2 Å². The summed E-state index contributed by atoms with van der Waals surface area (Å²) in [5.74, 6) is 1.12. The molecule has 0 bridgehead atoms. The molecule has 0 fully saturated rings. The Morgan fingerprint density at radius 3 is 1.31 bits per heavy atom. The van der Waals surface area contributed by atoms with Crippen molar-refractivity contribution in [2.75, 3.05) is 0 Å². The topological polar surface area (TPSA) is 105 Å². The van der Waals surface area contributed by atoms with Gasteiger partial charge >= 0.3 is 23.9 Å². The molecule has 300 valence electrons. The molecular weight excluding hydrogens is 729 g/mol. The zero-order valence-corrected chi connectivity index (χ0v) is 34.2. The number of esters is 4. The zero-order valence-electron chi connectivity index (χ0n) is 34.2. The molecule has 8 heteroatoms. The van der Waals surface area contributed by atoms with E-state index in [0.717, 1.165) is 37.3 Å².